The van der Waals surface area contributed by atoms with Gasteiger partial charge in [-0.25, -0.2) is 0 Å². The highest BCUT2D eigenvalue weighted by Crippen LogP contribution is 2.05. The minimum atomic E-state index is -3.87. The summed E-state index contributed by atoms with van der Waals surface area (Å²) < 4.78 is 22.9. The van der Waals surface area contributed by atoms with Crippen LogP contribution >= 0.6 is 11.6 Å². The summed E-state index contributed by atoms with van der Waals surface area (Å²) in [7, 11) is -3.87. The lowest BCUT2D eigenvalue weighted by Crippen LogP contribution is -2.18. The van der Waals surface area contributed by atoms with Crippen LogP contribution in [0.4, 0.5) is 8.22 Å². The average molecular weight is 131 g/mol. The summed E-state index contributed by atoms with van der Waals surface area (Å²) in [6.07, 6.45) is 0. The molecule has 0 bridgehead atoms. The molecule has 4 heteroatoms. The summed E-state index contributed by atoms with van der Waals surface area (Å²) in [6.45, 7) is 0.917. The standard InChI is InChI=1S/C2H5ClF2Si/c1-6(4,5)2-3/h2H2,1H3. The summed E-state index contributed by atoms with van der Waals surface area (Å²) in [5.41, 5.74) is -0.451. The molecule has 0 nitrogen and oxygen atoms in total. The lowest BCUT2D eigenvalue weighted by Gasteiger charge is -1.95. The van der Waals surface area contributed by atoms with E-state index in [0.717, 1.165) is 6.55 Å². The van der Waals surface area contributed by atoms with Crippen molar-refractivity contribution in [2.24, 2.45) is 0 Å². The first-order valence-corrected chi connectivity index (χ1v) is 4.50. The molecule has 0 aromatic carbocycles. The Labute approximate surface area is 41.5 Å². The Morgan fingerprint density at radius 3 is 1.83 bits per heavy atom. The number of hydrogen-bond donors (Lipinski definition) is 0. The van der Waals surface area contributed by atoms with Gasteiger partial charge in [0.05, 0.1) is 5.50 Å². The number of halogens is 3. The average Bonchev–Trinajstić information content (AvgIpc) is 1.35. The number of rotatable bonds is 1. The van der Waals surface area contributed by atoms with Crippen LogP contribution in [0, 0.1) is 0 Å². The van der Waals surface area contributed by atoms with Gasteiger partial charge in [0.1, 0.15) is 0 Å². The van der Waals surface area contributed by atoms with E-state index in [-0.39, 0.29) is 0 Å². The number of hydrogen-bond acceptors (Lipinski definition) is 0. The highest BCUT2D eigenvalue weighted by molar-refractivity contribution is 6.72. The molecule has 0 saturated heterocycles. The minimum Gasteiger partial charge on any atom is -0.269 e. The smallest absolute Gasteiger partial charge is 0.269 e. The zero-order valence-corrected chi connectivity index (χ0v) is 5.10. The Bertz CT molecular complexity index is 41.3. The third-order valence-electron chi connectivity index (χ3n) is 0.235. The molecular formula is C2H5ClF2Si. The third kappa shape index (κ3) is 4.37. The van der Waals surface area contributed by atoms with Gasteiger partial charge < -0.3 is 0 Å². The third-order valence-corrected chi connectivity index (χ3v) is 2.11. The fourth-order valence-electron chi connectivity index (χ4n) is 0. The zero-order chi connectivity index (χ0) is 5.21. The summed E-state index contributed by atoms with van der Waals surface area (Å²) in [4.78, 5) is 0. The molecule has 0 aliphatic rings. The lowest BCUT2D eigenvalue weighted by molar-refractivity contribution is 0.625. The van der Waals surface area contributed by atoms with E-state index in [1.165, 1.54) is 0 Å². The van der Waals surface area contributed by atoms with E-state index < -0.39 is 14.2 Å². The molecule has 0 N–H and O–H groups in total. The number of alkyl halides is 1. The SMILES string of the molecule is C[Si](F)(F)CCl. The molecule has 0 radical (unpaired) electrons. The van der Waals surface area contributed by atoms with E-state index in [1.807, 2.05) is 0 Å². The van der Waals surface area contributed by atoms with Crippen molar-refractivity contribution in [2.75, 3.05) is 5.50 Å². The molecule has 0 aliphatic heterocycles. The largest absolute Gasteiger partial charge is 0.436 e. The molecule has 0 aromatic rings. The van der Waals surface area contributed by atoms with Crippen LogP contribution in [0.2, 0.25) is 6.55 Å². The predicted octanol–water partition coefficient (Wildman–Crippen LogP) is 1.78. The Hall–Kier alpha value is 0.367. The van der Waals surface area contributed by atoms with Crippen molar-refractivity contribution in [2.45, 2.75) is 6.55 Å². The Morgan fingerprint density at radius 1 is 1.67 bits per heavy atom. The van der Waals surface area contributed by atoms with Crippen LogP contribution in [0.15, 0.2) is 0 Å². The van der Waals surface area contributed by atoms with Crippen LogP contribution in [0.5, 0.6) is 0 Å². The first-order chi connectivity index (χ1) is 2.56. The Kier molecular flexibility index (Phi) is 2.00. The van der Waals surface area contributed by atoms with E-state index in [4.69, 9.17) is 11.6 Å². The second kappa shape index (κ2) is 1.89. The Morgan fingerprint density at radius 2 is 1.83 bits per heavy atom. The van der Waals surface area contributed by atoms with E-state index in [2.05, 4.69) is 0 Å². The quantitative estimate of drug-likeness (QED) is 0.288. The van der Waals surface area contributed by atoms with Crippen LogP contribution in [0.3, 0.4) is 0 Å². The molecular weight excluding hydrogens is 126 g/mol. The van der Waals surface area contributed by atoms with Gasteiger partial charge in [0.2, 0.25) is 0 Å². The van der Waals surface area contributed by atoms with E-state index >= 15 is 0 Å². The predicted molar refractivity (Wildman–Crippen MR) is 24.6 cm³/mol. The topological polar surface area (TPSA) is 0 Å². The summed E-state index contributed by atoms with van der Waals surface area (Å²) in [6, 6.07) is 0. The van der Waals surface area contributed by atoms with Crippen molar-refractivity contribution in [3.63, 3.8) is 0 Å². The molecule has 0 rings (SSSR count). The highest BCUT2D eigenvalue weighted by atomic mass is 35.5. The summed E-state index contributed by atoms with van der Waals surface area (Å²) in [5.74, 6) is 0. The molecule has 0 spiro atoms. The molecule has 6 heavy (non-hydrogen) atoms. The first kappa shape index (κ1) is 6.37. The summed E-state index contributed by atoms with van der Waals surface area (Å²) in [5, 5.41) is 0. The maximum atomic E-state index is 11.5. The maximum absolute atomic E-state index is 11.5. The van der Waals surface area contributed by atoms with Gasteiger partial charge >= 0.3 is 8.74 Å². The van der Waals surface area contributed by atoms with Gasteiger partial charge in [-0.05, 0) is 6.55 Å². The van der Waals surface area contributed by atoms with Crippen LogP contribution in [-0.4, -0.2) is 14.2 Å². The second-order valence-electron chi connectivity index (χ2n) is 1.20. The molecule has 0 fully saturated rings. The van der Waals surface area contributed by atoms with E-state index in [9.17, 15) is 8.22 Å². The van der Waals surface area contributed by atoms with Gasteiger partial charge in [-0.1, -0.05) is 0 Å². The van der Waals surface area contributed by atoms with Gasteiger partial charge in [-0.3, -0.25) is 8.22 Å². The first-order valence-electron chi connectivity index (χ1n) is 1.50. The normalized spacial score (nSPS) is 12.0. The second-order valence-corrected chi connectivity index (χ2v) is 4.41. The van der Waals surface area contributed by atoms with Gasteiger partial charge in [-0.15, -0.1) is 11.6 Å². The highest BCUT2D eigenvalue weighted by Gasteiger charge is 2.25. The maximum Gasteiger partial charge on any atom is 0.436 e. The molecule has 0 aliphatic carbocycles. The Balaban J connectivity index is 3.17. The van der Waals surface area contributed by atoms with Crippen molar-refractivity contribution in [3.05, 3.63) is 0 Å². The van der Waals surface area contributed by atoms with Gasteiger partial charge in [0.25, 0.3) is 0 Å². The van der Waals surface area contributed by atoms with Crippen LogP contribution < -0.4 is 0 Å². The zero-order valence-electron chi connectivity index (χ0n) is 3.34. The van der Waals surface area contributed by atoms with Crippen LogP contribution in [0.1, 0.15) is 0 Å². The van der Waals surface area contributed by atoms with Crippen molar-refractivity contribution in [3.8, 4) is 0 Å². The molecule has 0 saturated carbocycles. The monoisotopic (exact) mass is 130 g/mol. The molecule has 0 heterocycles. The van der Waals surface area contributed by atoms with Gasteiger partial charge in [0, 0.05) is 0 Å². The van der Waals surface area contributed by atoms with Crippen LogP contribution in [-0.2, 0) is 0 Å². The van der Waals surface area contributed by atoms with Crippen molar-refractivity contribution in [1.29, 1.82) is 0 Å². The molecule has 0 atom stereocenters. The van der Waals surface area contributed by atoms with Gasteiger partial charge in [0.15, 0.2) is 0 Å². The van der Waals surface area contributed by atoms with Crippen molar-refractivity contribution < 1.29 is 8.22 Å². The van der Waals surface area contributed by atoms with E-state index in [1.54, 1.807) is 0 Å². The molecule has 0 aromatic heterocycles. The van der Waals surface area contributed by atoms with Crippen molar-refractivity contribution in [1.82, 2.24) is 0 Å². The molecule has 38 valence electrons. The minimum absolute atomic E-state index is 0.451. The molecule has 0 amide bonds. The van der Waals surface area contributed by atoms with Crippen LogP contribution in [0.25, 0.3) is 0 Å². The fraction of sp³-hybridized carbons (Fsp3) is 1.00. The van der Waals surface area contributed by atoms with Crippen molar-refractivity contribution >= 4 is 20.3 Å². The lowest BCUT2D eigenvalue weighted by atomic mass is 11.9. The fourth-order valence-corrected chi connectivity index (χ4v) is 0. The summed E-state index contributed by atoms with van der Waals surface area (Å²) >= 11 is 4.79. The molecule has 0 unspecified atom stereocenters. The van der Waals surface area contributed by atoms with E-state index in [0.29, 0.717) is 0 Å². The van der Waals surface area contributed by atoms with Gasteiger partial charge in [-0.2, -0.15) is 0 Å².